The lowest BCUT2D eigenvalue weighted by Gasteiger charge is -2.33. The molecule has 0 atom stereocenters. The normalized spacial score (nSPS) is 16.7. The maximum absolute atomic E-state index is 12.3. The van der Waals surface area contributed by atoms with Gasteiger partial charge in [-0.1, -0.05) is 25.3 Å². The molecule has 0 aromatic carbocycles. The van der Waals surface area contributed by atoms with Crippen molar-refractivity contribution in [3.63, 3.8) is 0 Å². The second-order valence-corrected chi connectivity index (χ2v) is 4.62. The predicted octanol–water partition coefficient (Wildman–Crippen LogP) is 2.98. The number of nitrogens with one attached hydrogen (secondary N) is 1. The first-order valence-corrected chi connectivity index (χ1v) is 6.38. The fourth-order valence-corrected chi connectivity index (χ4v) is 2.55. The maximum atomic E-state index is 12.3. The number of carbonyl (C=O) groups is 1. The summed E-state index contributed by atoms with van der Waals surface area (Å²) in [6, 6.07) is 4.08. The molecule has 0 spiro atoms. The van der Waals surface area contributed by atoms with Crippen LogP contribution in [0.25, 0.3) is 0 Å². The molecule has 0 bridgehead atoms. The molecule has 1 aliphatic rings. The number of hydrogen-bond acceptors (Lipinski definition) is 1. The minimum atomic E-state index is 0.0989. The number of aromatic amines is 1. The zero-order valence-corrected chi connectivity index (χ0v) is 10.2. The minimum Gasteiger partial charge on any atom is -0.357 e. The number of rotatable bonds is 4. The Kier molecular flexibility index (Phi) is 4.02. The molecule has 2 rings (SSSR count). The number of H-pyrrole nitrogens is 1. The van der Waals surface area contributed by atoms with E-state index in [2.05, 4.69) is 11.6 Å². The Labute approximate surface area is 103 Å². The Morgan fingerprint density at radius 1 is 1.47 bits per heavy atom. The summed E-state index contributed by atoms with van der Waals surface area (Å²) in [4.78, 5) is 17.3. The first-order chi connectivity index (χ1) is 8.33. The fraction of sp³-hybridized carbons (Fsp3) is 0.500. The monoisotopic (exact) mass is 232 g/mol. The van der Waals surface area contributed by atoms with Crippen LogP contribution in [0.2, 0.25) is 0 Å². The summed E-state index contributed by atoms with van der Waals surface area (Å²) in [5.41, 5.74) is 0.678. The summed E-state index contributed by atoms with van der Waals surface area (Å²) in [5, 5.41) is 0. The highest BCUT2D eigenvalue weighted by Crippen LogP contribution is 2.23. The average Bonchev–Trinajstić information content (AvgIpc) is 2.90. The zero-order valence-electron chi connectivity index (χ0n) is 10.2. The first kappa shape index (κ1) is 12.0. The lowest BCUT2D eigenvalue weighted by Crippen LogP contribution is -2.41. The van der Waals surface area contributed by atoms with Crippen molar-refractivity contribution < 1.29 is 4.79 Å². The quantitative estimate of drug-likeness (QED) is 0.796. The van der Waals surface area contributed by atoms with Gasteiger partial charge in [0.15, 0.2) is 0 Å². The molecule has 1 saturated carbocycles. The largest absolute Gasteiger partial charge is 0.357 e. The second kappa shape index (κ2) is 5.71. The molecule has 1 heterocycles. The molecular formula is C14H20N2O. The highest BCUT2D eigenvalue weighted by Gasteiger charge is 2.25. The van der Waals surface area contributed by atoms with E-state index in [9.17, 15) is 4.79 Å². The van der Waals surface area contributed by atoms with Crippen molar-refractivity contribution in [1.29, 1.82) is 0 Å². The van der Waals surface area contributed by atoms with Gasteiger partial charge in [0, 0.05) is 18.8 Å². The van der Waals surface area contributed by atoms with Gasteiger partial charge in [-0.05, 0) is 25.0 Å². The predicted molar refractivity (Wildman–Crippen MR) is 68.9 cm³/mol. The summed E-state index contributed by atoms with van der Waals surface area (Å²) < 4.78 is 0. The van der Waals surface area contributed by atoms with E-state index in [1.165, 1.54) is 19.3 Å². The van der Waals surface area contributed by atoms with Crippen LogP contribution < -0.4 is 0 Å². The van der Waals surface area contributed by atoms with E-state index in [1.807, 2.05) is 23.1 Å². The van der Waals surface area contributed by atoms with Crippen molar-refractivity contribution >= 4 is 5.91 Å². The number of aromatic nitrogens is 1. The molecule has 1 aliphatic carbocycles. The van der Waals surface area contributed by atoms with Gasteiger partial charge in [0.1, 0.15) is 5.69 Å². The third-order valence-electron chi connectivity index (χ3n) is 3.43. The molecule has 1 fully saturated rings. The van der Waals surface area contributed by atoms with E-state index in [-0.39, 0.29) is 5.91 Å². The van der Waals surface area contributed by atoms with Gasteiger partial charge in [0.05, 0.1) is 0 Å². The van der Waals surface area contributed by atoms with Crippen LogP contribution in [0.5, 0.6) is 0 Å². The van der Waals surface area contributed by atoms with Crippen molar-refractivity contribution in [2.24, 2.45) is 0 Å². The third kappa shape index (κ3) is 2.78. The average molecular weight is 232 g/mol. The van der Waals surface area contributed by atoms with Crippen molar-refractivity contribution in [1.82, 2.24) is 9.88 Å². The van der Waals surface area contributed by atoms with E-state index in [4.69, 9.17) is 0 Å². The standard InChI is InChI=1S/C14H20N2O/c1-2-11-16(12-7-4-3-5-8-12)14(17)13-9-6-10-15-13/h2,6,9-10,12,15H,1,3-5,7-8,11H2. The number of nitrogens with zero attached hydrogens (tertiary/aromatic N) is 1. The SMILES string of the molecule is C=CCN(C(=O)c1ccc[nH]1)C1CCCCC1. The van der Waals surface area contributed by atoms with Gasteiger partial charge in [-0.15, -0.1) is 6.58 Å². The van der Waals surface area contributed by atoms with Crippen LogP contribution in [0.15, 0.2) is 31.0 Å². The highest BCUT2D eigenvalue weighted by molar-refractivity contribution is 5.92. The van der Waals surface area contributed by atoms with Crippen LogP contribution in [-0.2, 0) is 0 Å². The molecule has 0 radical (unpaired) electrons. The molecule has 1 aromatic heterocycles. The molecule has 3 heteroatoms. The molecule has 0 saturated heterocycles. The van der Waals surface area contributed by atoms with Crippen LogP contribution in [0.3, 0.4) is 0 Å². The van der Waals surface area contributed by atoms with Gasteiger partial charge < -0.3 is 9.88 Å². The summed E-state index contributed by atoms with van der Waals surface area (Å²) >= 11 is 0. The molecule has 1 N–H and O–H groups in total. The molecule has 92 valence electrons. The number of carbonyl (C=O) groups excluding carboxylic acids is 1. The fourth-order valence-electron chi connectivity index (χ4n) is 2.55. The van der Waals surface area contributed by atoms with E-state index < -0.39 is 0 Å². The summed E-state index contributed by atoms with van der Waals surface area (Å²) in [6.07, 6.45) is 9.62. The second-order valence-electron chi connectivity index (χ2n) is 4.62. The zero-order chi connectivity index (χ0) is 12.1. The number of amides is 1. The molecule has 0 aliphatic heterocycles. The number of hydrogen-bond donors (Lipinski definition) is 1. The Hall–Kier alpha value is -1.51. The maximum Gasteiger partial charge on any atom is 0.270 e. The molecule has 17 heavy (non-hydrogen) atoms. The van der Waals surface area contributed by atoms with Gasteiger partial charge in [-0.25, -0.2) is 0 Å². The van der Waals surface area contributed by atoms with Gasteiger partial charge in [-0.3, -0.25) is 4.79 Å². The molecule has 1 aromatic rings. The van der Waals surface area contributed by atoms with Crippen molar-refractivity contribution in [2.75, 3.05) is 6.54 Å². The van der Waals surface area contributed by atoms with Crippen LogP contribution in [0, 0.1) is 0 Å². The Balaban J connectivity index is 2.10. The van der Waals surface area contributed by atoms with Gasteiger partial charge in [0.25, 0.3) is 5.91 Å². The van der Waals surface area contributed by atoms with Gasteiger partial charge >= 0.3 is 0 Å². The highest BCUT2D eigenvalue weighted by atomic mass is 16.2. The van der Waals surface area contributed by atoms with E-state index in [0.717, 1.165) is 12.8 Å². The summed E-state index contributed by atoms with van der Waals surface area (Å²) in [5.74, 6) is 0.0989. The topological polar surface area (TPSA) is 36.1 Å². The lowest BCUT2D eigenvalue weighted by molar-refractivity contribution is 0.0657. The molecule has 3 nitrogen and oxygen atoms in total. The lowest BCUT2D eigenvalue weighted by atomic mass is 9.94. The Bertz CT molecular complexity index is 364. The summed E-state index contributed by atoms with van der Waals surface area (Å²) in [7, 11) is 0. The van der Waals surface area contributed by atoms with E-state index in [1.54, 1.807) is 6.20 Å². The van der Waals surface area contributed by atoms with Gasteiger partial charge in [-0.2, -0.15) is 0 Å². The Morgan fingerprint density at radius 3 is 2.82 bits per heavy atom. The van der Waals surface area contributed by atoms with Crippen molar-refractivity contribution in [2.45, 2.75) is 38.1 Å². The summed E-state index contributed by atoms with van der Waals surface area (Å²) in [6.45, 7) is 4.40. The molecular weight excluding hydrogens is 212 g/mol. The molecule has 1 amide bonds. The van der Waals surface area contributed by atoms with E-state index in [0.29, 0.717) is 18.3 Å². The van der Waals surface area contributed by atoms with Gasteiger partial charge in [0.2, 0.25) is 0 Å². The third-order valence-corrected chi connectivity index (χ3v) is 3.43. The van der Waals surface area contributed by atoms with Crippen LogP contribution in [-0.4, -0.2) is 28.4 Å². The Morgan fingerprint density at radius 2 is 2.24 bits per heavy atom. The van der Waals surface area contributed by atoms with Crippen molar-refractivity contribution in [3.05, 3.63) is 36.7 Å². The van der Waals surface area contributed by atoms with E-state index >= 15 is 0 Å². The van der Waals surface area contributed by atoms with Crippen molar-refractivity contribution in [3.8, 4) is 0 Å². The van der Waals surface area contributed by atoms with Crippen LogP contribution in [0.1, 0.15) is 42.6 Å². The smallest absolute Gasteiger partial charge is 0.270 e. The minimum absolute atomic E-state index is 0.0989. The first-order valence-electron chi connectivity index (χ1n) is 6.38. The molecule has 0 unspecified atom stereocenters. The van der Waals surface area contributed by atoms with Crippen LogP contribution >= 0.6 is 0 Å². The van der Waals surface area contributed by atoms with Crippen LogP contribution in [0.4, 0.5) is 0 Å².